The van der Waals surface area contributed by atoms with Gasteiger partial charge in [-0.2, -0.15) is 0 Å². The summed E-state index contributed by atoms with van der Waals surface area (Å²) in [6.07, 6.45) is 3.15. The molecule has 1 heterocycles. The lowest BCUT2D eigenvalue weighted by molar-refractivity contribution is 0.281. The zero-order valence-electron chi connectivity index (χ0n) is 6.97. The zero-order valence-corrected chi connectivity index (χ0v) is 6.97. The van der Waals surface area contributed by atoms with Gasteiger partial charge in [0.2, 0.25) is 0 Å². The van der Waals surface area contributed by atoms with Crippen LogP contribution in [0, 0.1) is 0 Å². The smallest absolute Gasteiger partial charge is 0.0936 e. The van der Waals surface area contributed by atoms with Gasteiger partial charge in [0, 0.05) is 6.54 Å². The van der Waals surface area contributed by atoms with Crippen LogP contribution in [0.3, 0.4) is 0 Å². The molecule has 0 saturated carbocycles. The van der Waals surface area contributed by atoms with E-state index >= 15 is 0 Å². The van der Waals surface area contributed by atoms with E-state index in [9.17, 15) is 0 Å². The van der Waals surface area contributed by atoms with Crippen molar-refractivity contribution in [1.82, 2.24) is 4.90 Å². The first kappa shape index (κ1) is 8.02. The fourth-order valence-electron chi connectivity index (χ4n) is 1.04. The molecule has 1 fully saturated rings. The maximum atomic E-state index is 5.12. The van der Waals surface area contributed by atoms with Crippen LogP contribution in [0.1, 0.15) is 19.8 Å². The second-order valence-electron chi connectivity index (χ2n) is 3.07. The number of nitrogens with zero attached hydrogens (tertiary/aromatic N) is 1. The maximum absolute atomic E-state index is 5.12. The third-order valence-corrected chi connectivity index (χ3v) is 1.81. The summed E-state index contributed by atoms with van der Waals surface area (Å²) in [5.74, 6) is 0. The molecule has 1 atom stereocenters. The Morgan fingerprint density at radius 3 is 2.80 bits per heavy atom. The number of likely N-dealkylation sites (N-methyl/N-ethyl adjacent to an activating group) is 1. The summed E-state index contributed by atoms with van der Waals surface area (Å²) in [6, 6.07) is 0. The van der Waals surface area contributed by atoms with E-state index in [1.807, 2.05) is 0 Å². The maximum Gasteiger partial charge on any atom is 0.0936 e. The standard InChI is InChI=1S/C8H17NO/c1-3-4-5-9(2)6-8-7-10-8/h8H,3-7H2,1-2H3. The molecule has 0 N–H and O–H groups in total. The zero-order chi connectivity index (χ0) is 7.40. The van der Waals surface area contributed by atoms with Crippen molar-refractivity contribution in [2.75, 3.05) is 26.7 Å². The van der Waals surface area contributed by atoms with Crippen LogP contribution in [0.4, 0.5) is 0 Å². The Labute approximate surface area is 63.2 Å². The van der Waals surface area contributed by atoms with Gasteiger partial charge < -0.3 is 9.64 Å². The predicted molar refractivity (Wildman–Crippen MR) is 42.1 cm³/mol. The average Bonchev–Trinajstić information content (AvgIpc) is 2.67. The molecule has 2 heteroatoms. The highest BCUT2D eigenvalue weighted by atomic mass is 16.6. The first-order valence-corrected chi connectivity index (χ1v) is 4.13. The highest BCUT2D eigenvalue weighted by Gasteiger charge is 2.23. The number of hydrogen-bond donors (Lipinski definition) is 0. The summed E-state index contributed by atoms with van der Waals surface area (Å²) in [5.41, 5.74) is 0. The van der Waals surface area contributed by atoms with Gasteiger partial charge in [-0.15, -0.1) is 0 Å². The van der Waals surface area contributed by atoms with E-state index in [-0.39, 0.29) is 0 Å². The lowest BCUT2D eigenvalue weighted by Crippen LogP contribution is -2.24. The molecular weight excluding hydrogens is 126 g/mol. The summed E-state index contributed by atoms with van der Waals surface area (Å²) < 4.78 is 5.12. The van der Waals surface area contributed by atoms with Crippen LogP contribution in [0.5, 0.6) is 0 Å². The topological polar surface area (TPSA) is 15.8 Å². The molecule has 0 spiro atoms. The Balaban J connectivity index is 1.91. The monoisotopic (exact) mass is 143 g/mol. The number of ether oxygens (including phenoxy) is 1. The van der Waals surface area contributed by atoms with Crippen LogP contribution in [0.2, 0.25) is 0 Å². The van der Waals surface area contributed by atoms with Crippen molar-refractivity contribution in [2.45, 2.75) is 25.9 Å². The van der Waals surface area contributed by atoms with Crippen molar-refractivity contribution < 1.29 is 4.74 Å². The Kier molecular flexibility index (Phi) is 3.16. The normalized spacial score (nSPS) is 23.7. The van der Waals surface area contributed by atoms with Crippen molar-refractivity contribution in [3.05, 3.63) is 0 Å². The van der Waals surface area contributed by atoms with Gasteiger partial charge >= 0.3 is 0 Å². The van der Waals surface area contributed by atoms with Gasteiger partial charge in [-0.3, -0.25) is 0 Å². The fraction of sp³-hybridized carbons (Fsp3) is 1.00. The van der Waals surface area contributed by atoms with Crippen molar-refractivity contribution in [2.24, 2.45) is 0 Å². The first-order valence-electron chi connectivity index (χ1n) is 4.13. The second kappa shape index (κ2) is 3.94. The van der Waals surface area contributed by atoms with Gasteiger partial charge in [0.25, 0.3) is 0 Å². The van der Waals surface area contributed by atoms with E-state index in [1.165, 1.54) is 19.4 Å². The molecule has 10 heavy (non-hydrogen) atoms. The molecule has 1 rings (SSSR count). The van der Waals surface area contributed by atoms with E-state index < -0.39 is 0 Å². The van der Waals surface area contributed by atoms with Gasteiger partial charge in [0.15, 0.2) is 0 Å². The molecule has 0 aliphatic carbocycles. The minimum absolute atomic E-state index is 0.557. The van der Waals surface area contributed by atoms with E-state index in [4.69, 9.17) is 4.74 Å². The van der Waals surface area contributed by atoms with E-state index in [1.54, 1.807) is 0 Å². The molecule has 1 saturated heterocycles. The summed E-state index contributed by atoms with van der Waals surface area (Å²) in [5, 5.41) is 0. The molecule has 1 aliphatic heterocycles. The molecular formula is C8H17NO. The van der Waals surface area contributed by atoms with Crippen LogP contribution < -0.4 is 0 Å². The first-order chi connectivity index (χ1) is 4.83. The molecule has 0 radical (unpaired) electrons. The number of unbranched alkanes of at least 4 members (excludes halogenated alkanes) is 1. The lowest BCUT2D eigenvalue weighted by Gasteiger charge is -2.13. The van der Waals surface area contributed by atoms with E-state index in [2.05, 4.69) is 18.9 Å². The Morgan fingerprint density at radius 2 is 2.30 bits per heavy atom. The Bertz CT molecular complexity index is 91.3. The summed E-state index contributed by atoms with van der Waals surface area (Å²) >= 11 is 0. The molecule has 0 aromatic heterocycles. The predicted octanol–water partition coefficient (Wildman–Crippen LogP) is 1.12. The largest absolute Gasteiger partial charge is 0.372 e. The Hall–Kier alpha value is -0.0800. The fourth-order valence-corrected chi connectivity index (χ4v) is 1.04. The minimum Gasteiger partial charge on any atom is -0.372 e. The van der Waals surface area contributed by atoms with Crippen LogP contribution in [0.25, 0.3) is 0 Å². The highest BCUT2D eigenvalue weighted by molar-refractivity contribution is 4.72. The molecule has 1 aliphatic rings. The molecule has 1 unspecified atom stereocenters. The van der Waals surface area contributed by atoms with Gasteiger partial charge in [-0.25, -0.2) is 0 Å². The average molecular weight is 143 g/mol. The van der Waals surface area contributed by atoms with Crippen molar-refractivity contribution >= 4 is 0 Å². The molecule has 0 amide bonds. The van der Waals surface area contributed by atoms with Crippen molar-refractivity contribution in [1.29, 1.82) is 0 Å². The third-order valence-electron chi connectivity index (χ3n) is 1.81. The second-order valence-corrected chi connectivity index (χ2v) is 3.07. The summed E-state index contributed by atoms with van der Waals surface area (Å²) in [6.45, 7) is 5.55. The Morgan fingerprint density at radius 1 is 1.60 bits per heavy atom. The van der Waals surface area contributed by atoms with Crippen molar-refractivity contribution in [3.63, 3.8) is 0 Å². The van der Waals surface area contributed by atoms with Crippen LogP contribution >= 0.6 is 0 Å². The third kappa shape index (κ3) is 3.18. The van der Waals surface area contributed by atoms with Crippen LogP contribution in [0.15, 0.2) is 0 Å². The van der Waals surface area contributed by atoms with Crippen LogP contribution in [-0.2, 0) is 4.74 Å². The van der Waals surface area contributed by atoms with E-state index in [0.717, 1.165) is 13.2 Å². The van der Waals surface area contributed by atoms with E-state index in [0.29, 0.717) is 6.10 Å². The van der Waals surface area contributed by atoms with Gasteiger partial charge in [0.1, 0.15) is 0 Å². The summed E-state index contributed by atoms with van der Waals surface area (Å²) in [4.78, 5) is 2.35. The summed E-state index contributed by atoms with van der Waals surface area (Å²) in [7, 11) is 2.16. The molecule has 0 bridgehead atoms. The van der Waals surface area contributed by atoms with Gasteiger partial charge in [0.05, 0.1) is 12.7 Å². The van der Waals surface area contributed by atoms with Gasteiger partial charge in [-0.1, -0.05) is 13.3 Å². The van der Waals surface area contributed by atoms with Crippen molar-refractivity contribution in [3.8, 4) is 0 Å². The molecule has 0 aromatic rings. The minimum atomic E-state index is 0.557. The molecule has 60 valence electrons. The van der Waals surface area contributed by atoms with Gasteiger partial charge in [-0.05, 0) is 20.0 Å². The molecule has 0 aromatic carbocycles. The number of hydrogen-bond acceptors (Lipinski definition) is 2. The number of rotatable bonds is 5. The SMILES string of the molecule is CCCCN(C)CC1CO1. The highest BCUT2D eigenvalue weighted by Crippen LogP contribution is 2.09. The molecule has 2 nitrogen and oxygen atoms in total. The lowest BCUT2D eigenvalue weighted by atomic mass is 10.3. The van der Waals surface area contributed by atoms with Crippen LogP contribution in [-0.4, -0.2) is 37.7 Å². The number of epoxide rings is 1. The quantitative estimate of drug-likeness (QED) is 0.536.